The van der Waals surface area contributed by atoms with E-state index in [1.54, 1.807) is 17.4 Å². The lowest BCUT2D eigenvalue weighted by molar-refractivity contribution is 0.432. The Kier molecular flexibility index (Phi) is 3.75. The largest absolute Gasteiger partial charge is 0.505 e. The van der Waals surface area contributed by atoms with E-state index in [0.29, 0.717) is 12.2 Å². The van der Waals surface area contributed by atoms with Gasteiger partial charge in [0.05, 0.1) is 17.2 Å². The van der Waals surface area contributed by atoms with Crippen LogP contribution in [0.25, 0.3) is 0 Å². The van der Waals surface area contributed by atoms with Crippen LogP contribution in [0, 0.1) is 5.82 Å². The molecular weight excluding hydrogens is 263 g/mol. The van der Waals surface area contributed by atoms with Crippen LogP contribution in [-0.4, -0.2) is 10.1 Å². The third-order valence-corrected chi connectivity index (χ3v) is 3.93. The van der Waals surface area contributed by atoms with Gasteiger partial charge in [-0.05, 0) is 12.1 Å². The minimum absolute atomic E-state index is 0.0492. The Bertz CT molecular complexity index is 575. The van der Waals surface area contributed by atoms with Crippen molar-refractivity contribution in [1.82, 2.24) is 4.98 Å². The van der Waals surface area contributed by atoms with Crippen molar-refractivity contribution in [3.63, 3.8) is 0 Å². The fraction of sp³-hybridized carbons (Fsp3) is 0.357. The number of phenols is 1. The molecule has 0 bridgehead atoms. The molecule has 0 radical (unpaired) electrons. The van der Waals surface area contributed by atoms with Crippen LogP contribution in [0.5, 0.6) is 5.75 Å². The Hall–Kier alpha value is -1.62. The first-order chi connectivity index (χ1) is 8.86. The Morgan fingerprint density at radius 3 is 2.68 bits per heavy atom. The van der Waals surface area contributed by atoms with Crippen LogP contribution in [-0.2, 0) is 12.0 Å². The zero-order chi connectivity index (χ0) is 14.0. The molecule has 19 heavy (non-hydrogen) atoms. The fourth-order valence-electron chi connectivity index (χ4n) is 1.54. The average Bonchev–Trinajstić information content (AvgIpc) is 2.79. The molecule has 0 saturated heterocycles. The lowest BCUT2D eigenvalue weighted by atomic mass is 9.98. The van der Waals surface area contributed by atoms with Gasteiger partial charge in [0.25, 0.3) is 0 Å². The predicted octanol–water partition coefficient (Wildman–Crippen LogP) is 3.90. The van der Waals surface area contributed by atoms with E-state index in [1.807, 2.05) is 5.38 Å². The van der Waals surface area contributed by atoms with Crippen molar-refractivity contribution in [2.24, 2.45) is 0 Å². The Labute approximate surface area is 116 Å². The van der Waals surface area contributed by atoms with E-state index >= 15 is 0 Å². The van der Waals surface area contributed by atoms with E-state index in [1.165, 1.54) is 12.1 Å². The summed E-state index contributed by atoms with van der Waals surface area (Å²) < 4.78 is 13.2. The third kappa shape index (κ3) is 3.44. The zero-order valence-corrected chi connectivity index (χ0v) is 12.0. The molecule has 0 unspecified atom stereocenters. The van der Waals surface area contributed by atoms with E-state index in [-0.39, 0.29) is 11.2 Å². The smallest absolute Gasteiger partial charge is 0.166 e. The molecule has 102 valence electrons. The standard InChI is InChI=1S/C14H17FN2OS/c1-14(2,3)13-17-10(8-19-13)7-16-9-4-5-12(18)11(15)6-9/h4-6,8,16,18H,7H2,1-3H3. The molecule has 0 fully saturated rings. The maximum atomic E-state index is 13.2. The van der Waals surface area contributed by atoms with Gasteiger partial charge in [-0.15, -0.1) is 11.3 Å². The van der Waals surface area contributed by atoms with Gasteiger partial charge in [-0.25, -0.2) is 9.37 Å². The molecule has 3 nitrogen and oxygen atoms in total. The summed E-state index contributed by atoms with van der Waals surface area (Å²) in [7, 11) is 0. The lowest BCUT2D eigenvalue weighted by Crippen LogP contribution is -2.11. The van der Waals surface area contributed by atoms with Gasteiger partial charge in [0.15, 0.2) is 11.6 Å². The van der Waals surface area contributed by atoms with E-state index in [2.05, 4.69) is 31.1 Å². The number of halogens is 1. The quantitative estimate of drug-likeness (QED) is 0.838. The number of hydrogen-bond donors (Lipinski definition) is 2. The highest BCUT2D eigenvalue weighted by Crippen LogP contribution is 2.26. The number of anilines is 1. The number of rotatable bonds is 3. The monoisotopic (exact) mass is 280 g/mol. The van der Waals surface area contributed by atoms with Crippen LogP contribution in [0.4, 0.5) is 10.1 Å². The summed E-state index contributed by atoms with van der Waals surface area (Å²) in [6, 6.07) is 4.24. The number of nitrogens with zero attached hydrogens (tertiary/aromatic N) is 1. The molecule has 2 aromatic rings. The number of phenolic OH excluding ortho intramolecular Hbond substituents is 1. The van der Waals surface area contributed by atoms with Crippen LogP contribution in [0.1, 0.15) is 31.5 Å². The van der Waals surface area contributed by atoms with Gasteiger partial charge in [0, 0.05) is 22.5 Å². The lowest BCUT2D eigenvalue weighted by Gasteiger charge is -2.13. The van der Waals surface area contributed by atoms with Crippen LogP contribution < -0.4 is 5.32 Å². The van der Waals surface area contributed by atoms with Crippen LogP contribution >= 0.6 is 11.3 Å². The summed E-state index contributed by atoms with van der Waals surface area (Å²) in [5.41, 5.74) is 1.61. The normalized spacial score (nSPS) is 11.6. The second-order valence-electron chi connectivity index (χ2n) is 5.41. The first kappa shape index (κ1) is 13.8. The second-order valence-corrected chi connectivity index (χ2v) is 6.27. The van der Waals surface area contributed by atoms with Gasteiger partial charge >= 0.3 is 0 Å². The molecule has 1 aromatic heterocycles. The fourth-order valence-corrected chi connectivity index (χ4v) is 2.45. The van der Waals surface area contributed by atoms with Gasteiger partial charge < -0.3 is 10.4 Å². The van der Waals surface area contributed by atoms with Crippen molar-refractivity contribution in [2.75, 3.05) is 5.32 Å². The van der Waals surface area contributed by atoms with Gasteiger partial charge in [-0.1, -0.05) is 20.8 Å². The summed E-state index contributed by atoms with van der Waals surface area (Å²) in [6.45, 7) is 6.91. The number of aromatic hydroxyl groups is 1. The first-order valence-corrected chi connectivity index (χ1v) is 6.91. The Balaban J connectivity index is 2.02. The molecule has 1 aromatic carbocycles. The van der Waals surface area contributed by atoms with Crippen molar-refractivity contribution in [2.45, 2.75) is 32.7 Å². The summed E-state index contributed by atoms with van der Waals surface area (Å²) in [6.07, 6.45) is 0. The second kappa shape index (κ2) is 5.17. The van der Waals surface area contributed by atoms with Gasteiger partial charge in [-0.3, -0.25) is 0 Å². The van der Waals surface area contributed by atoms with E-state index in [4.69, 9.17) is 5.11 Å². The molecule has 1 heterocycles. The third-order valence-electron chi connectivity index (χ3n) is 2.61. The van der Waals surface area contributed by atoms with Gasteiger partial charge in [-0.2, -0.15) is 0 Å². The van der Waals surface area contributed by atoms with E-state index in [0.717, 1.165) is 10.7 Å². The van der Waals surface area contributed by atoms with Gasteiger partial charge in [0.2, 0.25) is 0 Å². The van der Waals surface area contributed by atoms with Crippen molar-refractivity contribution in [3.05, 3.63) is 40.1 Å². The number of benzene rings is 1. The molecule has 0 amide bonds. The van der Waals surface area contributed by atoms with Crippen LogP contribution in [0.3, 0.4) is 0 Å². The highest BCUT2D eigenvalue weighted by atomic mass is 32.1. The van der Waals surface area contributed by atoms with E-state index < -0.39 is 5.82 Å². The molecule has 0 saturated carbocycles. The first-order valence-electron chi connectivity index (χ1n) is 6.03. The molecule has 0 aliphatic carbocycles. The van der Waals surface area contributed by atoms with Crippen molar-refractivity contribution in [1.29, 1.82) is 0 Å². The average molecular weight is 280 g/mol. The van der Waals surface area contributed by atoms with Crippen molar-refractivity contribution in [3.8, 4) is 5.75 Å². The zero-order valence-electron chi connectivity index (χ0n) is 11.2. The molecule has 0 atom stereocenters. The minimum atomic E-state index is -0.626. The number of thiazole rings is 1. The highest BCUT2D eigenvalue weighted by molar-refractivity contribution is 7.09. The predicted molar refractivity (Wildman–Crippen MR) is 76.2 cm³/mol. The van der Waals surface area contributed by atoms with Crippen molar-refractivity contribution < 1.29 is 9.50 Å². The maximum Gasteiger partial charge on any atom is 0.166 e. The molecule has 0 spiro atoms. The Morgan fingerprint density at radius 2 is 2.11 bits per heavy atom. The molecular formula is C14H17FN2OS. The topological polar surface area (TPSA) is 45.2 Å². The van der Waals surface area contributed by atoms with Crippen molar-refractivity contribution >= 4 is 17.0 Å². The molecule has 2 rings (SSSR count). The molecule has 2 N–H and O–H groups in total. The van der Waals surface area contributed by atoms with Gasteiger partial charge in [0.1, 0.15) is 0 Å². The summed E-state index contributed by atoms with van der Waals surface area (Å²) in [5.74, 6) is -0.965. The van der Waals surface area contributed by atoms with Crippen LogP contribution in [0.2, 0.25) is 0 Å². The summed E-state index contributed by atoms with van der Waals surface area (Å²) in [4.78, 5) is 4.55. The Morgan fingerprint density at radius 1 is 1.37 bits per heavy atom. The van der Waals surface area contributed by atoms with E-state index in [9.17, 15) is 4.39 Å². The highest BCUT2D eigenvalue weighted by Gasteiger charge is 2.17. The van der Waals surface area contributed by atoms with Crippen LogP contribution in [0.15, 0.2) is 23.6 Å². The molecule has 0 aliphatic rings. The maximum absolute atomic E-state index is 13.2. The summed E-state index contributed by atoms with van der Waals surface area (Å²) in [5, 5.41) is 15.3. The molecule has 0 aliphatic heterocycles. The number of hydrogen-bond acceptors (Lipinski definition) is 4. The molecule has 5 heteroatoms. The number of nitrogens with one attached hydrogen (secondary N) is 1. The number of aromatic nitrogens is 1. The minimum Gasteiger partial charge on any atom is -0.505 e. The summed E-state index contributed by atoms with van der Waals surface area (Å²) >= 11 is 1.63. The SMILES string of the molecule is CC(C)(C)c1nc(CNc2ccc(O)c(F)c2)cs1.